The second-order valence-corrected chi connectivity index (χ2v) is 5.97. The molecule has 0 spiro atoms. The van der Waals surface area contributed by atoms with E-state index in [2.05, 4.69) is 9.97 Å². The SMILES string of the molecule is COC(=O)c1nc(C2CC2)nc(N(C)c2ccc(OC)cc2)c1Cl. The van der Waals surface area contributed by atoms with E-state index < -0.39 is 5.97 Å². The van der Waals surface area contributed by atoms with E-state index >= 15 is 0 Å². The Morgan fingerprint density at radius 1 is 1.21 bits per heavy atom. The Morgan fingerprint density at radius 3 is 2.42 bits per heavy atom. The average Bonchev–Trinajstić information content (AvgIpc) is 3.46. The van der Waals surface area contributed by atoms with E-state index in [1.807, 2.05) is 36.2 Å². The van der Waals surface area contributed by atoms with Gasteiger partial charge in [0.15, 0.2) is 11.5 Å². The molecule has 1 aliphatic carbocycles. The highest BCUT2D eigenvalue weighted by Crippen LogP contribution is 2.41. The first-order chi connectivity index (χ1) is 11.5. The summed E-state index contributed by atoms with van der Waals surface area (Å²) in [5.74, 6) is 1.60. The number of nitrogens with zero attached hydrogens (tertiary/aromatic N) is 3. The van der Waals surface area contributed by atoms with Crippen LogP contribution in [0, 0.1) is 0 Å². The molecule has 0 N–H and O–H groups in total. The zero-order valence-corrected chi connectivity index (χ0v) is 14.5. The van der Waals surface area contributed by atoms with Crippen LogP contribution in [0.3, 0.4) is 0 Å². The Balaban J connectivity index is 2.04. The molecule has 0 bridgehead atoms. The smallest absolute Gasteiger partial charge is 0.358 e. The van der Waals surface area contributed by atoms with Crippen LogP contribution < -0.4 is 9.64 Å². The Bertz CT molecular complexity index is 760. The third-order valence-electron chi connectivity index (χ3n) is 3.95. The van der Waals surface area contributed by atoms with Gasteiger partial charge < -0.3 is 14.4 Å². The van der Waals surface area contributed by atoms with Crippen molar-refractivity contribution in [3.63, 3.8) is 0 Å². The number of halogens is 1. The van der Waals surface area contributed by atoms with Crippen LogP contribution in [0.4, 0.5) is 11.5 Å². The molecule has 1 fully saturated rings. The predicted molar refractivity (Wildman–Crippen MR) is 91.4 cm³/mol. The Labute approximate surface area is 145 Å². The van der Waals surface area contributed by atoms with E-state index in [1.54, 1.807) is 7.11 Å². The number of esters is 1. The number of aromatic nitrogens is 2. The first kappa shape index (κ1) is 16.5. The van der Waals surface area contributed by atoms with Crippen molar-refractivity contribution in [1.82, 2.24) is 9.97 Å². The largest absolute Gasteiger partial charge is 0.497 e. The maximum absolute atomic E-state index is 12.0. The average molecular weight is 348 g/mol. The van der Waals surface area contributed by atoms with Gasteiger partial charge in [0.2, 0.25) is 0 Å². The van der Waals surface area contributed by atoms with Crippen molar-refractivity contribution in [2.24, 2.45) is 0 Å². The summed E-state index contributed by atoms with van der Waals surface area (Å²) in [6, 6.07) is 7.49. The van der Waals surface area contributed by atoms with Crippen LogP contribution in [0.2, 0.25) is 5.02 Å². The van der Waals surface area contributed by atoms with E-state index in [9.17, 15) is 4.79 Å². The summed E-state index contributed by atoms with van der Waals surface area (Å²) in [4.78, 5) is 22.7. The summed E-state index contributed by atoms with van der Waals surface area (Å²) in [6.07, 6.45) is 2.04. The molecule has 1 aliphatic rings. The van der Waals surface area contributed by atoms with Crippen molar-refractivity contribution in [1.29, 1.82) is 0 Å². The van der Waals surface area contributed by atoms with Gasteiger partial charge >= 0.3 is 5.97 Å². The summed E-state index contributed by atoms with van der Waals surface area (Å²) < 4.78 is 9.97. The second-order valence-electron chi connectivity index (χ2n) is 5.59. The molecule has 126 valence electrons. The molecule has 1 aromatic carbocycles. The van der Waals surface area contributed by atoms with Crippen molar-refractivity contribution < 1.29 is 14.3 Å². The monoisotopic (exact) mass is 347 g/mol. The van der Waals surface area contributed by atoms with Gasteiger partial charge in [0.25, 0.3) is 0 Å². The molecule has 7 heteroatoms. The molecule has 24 heavy (non-hydrogen) atoms. The fraction of sp³-hybridized carbons (Fsp3) is 0.353. The van der Waals surface area contributed by atoms with Gasteiger partial charge in [-0.2, -0.15) is 0 Å². The van der Waals surface area contributed by atoms with Gasteiger partial charge in [-0.25, -0.2) is 14.8 Å². The zero-order valence-electron chi connectivity index (χ0n) is 13.7. The Kier molecular flexibility index (Phi) is 4.57. The van der Waals surface area contributed by atoms with Crippen molar-refractivity contribution in [2.75, 3.05) is 26.2 Å². The predicted octanol–water partition coefficient (Wildman–Crippen LogP) is 3.57. The van der Waals surface area contributed by atoms with Crippen LogP contribution in [0.25, 0.3) is 0 Å². The van der Waals surface area contributed by atoms with Crippen molar-refractivity contribution >= 4 is 29.1 Å². The first-order valence-corrected chi connectivity index (χ1v) is 7.96. The molecule has 3 rings (SSSR count). The number of ether oxygens (including phenoxy) is 2. The number of carbonyl (C=O) groups is 1. The molecule has 1 aromatic heterocycles. The standard InChI is InChI=1S/C17H18ClN3O3/c1-21(11-6-8-12(23-2)9-7-11)16-13(18)14(17(22)24-3)19-15(20-16)10-4-5-10/h6-10H,4-5H2,1-3H3. The van der Waals surface area contributed by atoms with Gasteiger partial charge in [-0.3, -0.25) is 0 Å². The first-order valence-electron chi connectivity index (χ1n) is 7.58. The quantitative estimate of drug-likeness (QED) is 0.770. The van der Waals surface area contributed by atoms with E-state index in [0.29, 0.717) is 11.6 Å². The summed E-state index contributed by atoms with van der Waals surface area (Å²) in [7, 11) is 4.77. The molecular weight excluding hydrogens is 330 g/mol. The lowest BCUT2D eigenvalue weighted by Crippen LogP contribution is -2.17. The number of rotatable bonds is 5. The number of methoxy groups -OCH3 is 2. The molecule has 6 nitrogen and oxygen atoms in total. The lowest BCUT2D eigenvalue weighted by Gasteiger charge is -2.21. The second kappa shape index (κ2) is 6.65. The van der Waals surface area contributed by atoms with Crippen molar-refractivity contribution in [3.05, 3.63) is 40.8 Å². The molecule has 0 unspecified atom stereocenters. The molecule has 1 saturated carbocycles. The fourth-order valence-corrected chi connectivity index (χ4v) is 2.65. The van der Waals surface area contributed by atoms with Crippen LogP contribution in [-0.2, 0) is 4.74 Å². The fourth-order valence-electron chi connectivity index (χ4n) is 2.36. The van der Waals surface area contributed by atoms with Gasteiger partial charge in [0, 0.05) is 18.7 Å². The third kappa shape index (κ3) is 3.14. The molecule has 0 amide bonds. The lowest BCUT2D eigenvalue weighted by molar-refractivity contribution is 0.0593. The van der Waals surface area contributed by atoms with Gasteiger partial charge in [0.05, 0.1) is 14.2 Å². The minimum absolute atomic E-state index is 0.103. The van der Waals surface area contributed by atoms with Gasteiger partial charge in [-0.1, -0.05) is 11.6 Å². The molecule has 0 atom stereocenters. The zero-order chi connectivity index (χ0) is 17.3. The molecule has 1 heterocycles. The van der Waals surface area contributed by atoms with Crippen LogP contribution in [0.1, 0.15) is 35.1 Å². The highest BCUT2D eigenvalue weighted by Gasteiger charge is 2.31. The van der Waals surface area contributed by atoms with E-state index in [-0.39, 0.29) is 16.6 Å². The highest BCUT2D eigenvalue weighted by atomic mass is 35.5. The summed E-state index contributed by atoms with van der Waals surface area (Å²) in [6.45, 7) is 0. The number of hydrogen-bond acceptors (Lipinski definition) is 6. The van der Waals surface area contributed by atoms with Crippen molar-refractivity contribution in [2.45, 2.75) is 18.8 Å². The number of hydrogen-bond donors (Lipinski definition) is 0. The van der Waals surface area contributed by atoms with Gasteiger partial charge in [-0.05, 0) is 37.1 Å². The normalized spacial score (nSPS) is 13.5. The van der Waals surface area contributed by atoms with E-state index in [0.717, 1.165) is 24.3 Å². The van der Waals surface area contributed by atoms with Crippen LogP contribution in [-0.4, -0.2) is 37.2 Å². The molecule has 2 aromatic rings. The van der Waals surface area contributed by atoms with Crippen LogP contribution >= 0.6 is 11.6 Å². The maximum atomic E-state index is 12.0. The highest BCUT2D eigenvalue weighted by molar-refractivity contribution is 6.35. The Hall–Kier alpha value is -2.34. The number of anilines is 2. The maximum Gasteiger partial charge on any atom is 0.358 e. The van der Waals surface area contributed by atoms with Crippen molar-refractivity contribution in [3.8, 4) is 5.75 Å². The lowest BCUT2D eigenvalue weighted by atomic mass is 10.2. The minimum Gasteiger partial charge on any atom is -0.497 e. The molecule has 0 radical (unpaired) electrons. The van der Waals surface area contributed by atoms with E-state index in [4.69, 9.17) is 21.1 Å². The minimum atomic E-state index is -0.561. The summed E-state index contributed by atoms with van der Waals surface area (Å²) in [5, 5.41) is 0.185. The summed E-state index contributed by atoms with van der Waals surface area (Å²) >= 11 is 6.39. The van der Waals surface area contributed by atoms with Crippen LogP contribution in [0.15, 0.2) is 24.3 Å². The van der Waals surface area contributed by atoms with Gasteiger partial charge in [-0.15, -0.1) is 0 Å². The number of benzene rings is 1. The molecule has 0 saturated heterocycles. The topological polar surface area (TPSA) is 64.5 Å². The molecular formula is C17H18ClN3O3. The van der Waals surface area contributed by atoms with Crippen LogP contribution in [0.5, 0.6) is 5.75 Å². The third-order valence-corrected chi connectivity index (χ3v) is 4.30. The molecule has 0 aliphatic heterocycles. The number of carbonyl (C=O) groups excluding carboxylic acids is 1. The van der Waals surface area contributed by atoms with E-state index in [1.165, 1.54) is 7.11 Å². The van der Waals surface area contributed by atoms with Gasteiger partial charge in [0.1, 0.15) is 16.6 Å². The Morgan fingerprint density at radius 2 is 1.88 bits per heavy atom. The summed E-state index contributed by atoms with van der Waals surface area (Å²) in [5.41, 5.74) is 0.973.